The number of aliphatic hydroxyl groups is 4. The van der Waals surface area contributed by atoms with Gasteiger partial charge in [0.1, 0.15) is 11.9 Å². The number of aromatic hydroxyl groups is 2. The van der Waals surface area contributed by atoms with E-state index < -0.39 is 53.0 Å². The first-order valence-electron chi connectivity index (χ1n) is 7.55. The molecule has 2 aliphatic rings. The van der Waals surface area contributed by atoms with Crippen molar-refractivity contribution in [2.45, 2.75) is 37.3 Å². The van der Waals surface area contributed by atoms with Crippen LogP contribution in [-0.4, -0.2) is 61.3 Å². The number of benzene rings is 1. The number of Topliss-reactive ketones (excluding diaryl/α,β-unsaturated/α-hetero) is 1. The second-order valence-electron chi connectivity index (χ2n) is 6.73. The van der Waals surface area contributed by atoms with Gasteiger partial charge in [0, 0.05) is 17.5 Å². The van der Waals surface area contributed by atoms with Crippen molar-refractivity contribution in [2.75, 3.05) is 7.11 Å². The van der Waals surface area contributed by atoms with Gasteiger partial charge in [-0.15, -0.1) is 0 Å². The first-order chi connectivity index (χ1) is 11.1. The largest absolute Gasteiger partial charge is 0.507 e. The molecule has 6 N–H and O–H groups in total. The zero-order valence-electron chi connectivity index (χ0n) is 13.2. The minimum Gasteiger partial charge on any atom is -0.507 e. The van der Waals surface area contributed by atoms with Crippen LogP contribution in [0.1, 0.15) is 35.4 Å². The summed E-state index contributed by atoms with van der Waals surface area (Å²) in [6.07, 6.45) is -4.79. The number of ether oxygens (including phenoxy) is 1. The lowest BCUT2D eigenvalue weighted by atomic mass is 9.60. The van der Waals surface area contributed by atoms with Gasteiger partial charge in [-0.05, 0) is 13.3 Å². The van der Waals surface area contributed by atoms with E-state index in [0.717, 1.165) is 6.07 Å². The highest BCUT2D eigenvalue weighted by molar-refractivity contribution is 6.04. The first-order valence-corrected chi connectivity index (χ1v) is 7.55. The third-order valence-electron chi connectivity index (χ3n) is 5.19. The number of fused-ring (bicyclic) bond motifs is 2. The lowest BCUT2D eigenvalue weighted by Gasteiger charge is -2.49. The Kier molecular flexibility index (Phi) is 3.76. The molecule has 1 saturated carbocycles. The van der Waals surface area contributed by atoms with E-state index in [0.29, 0.717) is 0 Å². The molecule has 6 atom stereocenters. The molecule has 0 amide bonds. The van der Waals surface area contributed by atoms with Crippen LogP contribution in [0.3, 0.4) is 0 Å². The molecule has 0 aromatic heterocycles. The predicted octanol–water partition coefficient (Wildman–Crippen LogP) is -0.555. The normalized spacial score (nSPS) is 38.4. The highest BCUT2D eigenvalue weighted by Crippen LogP contribution is 2.54. The molecule has 0 bridgehead atoms. The van der Waals surface area contributed by atoms with Gasteiger partial charge >= 0.3 is 0 Å². The van der Waals surface area contributed by atoms with Gasteiger partial charge in [-0.2, -0.15) is 0 Å². The Morgan fingerprint density at radius 2 is 1.88 bits per heavy atom. The fourth-order valence-corrected chi connectivity index (χ4v) is 3.94. The highest BCUT2D eigenvalue weighted by Gasteiger charge is 2.57. The Labute approximate surface area is 137 Å². The molecule has 0 radical (unpaired) electrons. The molecule has 132 valence electrons. The van der Waals surface area contributed by atoms with Crippen LogP contribution in [0.2, 0.25) is 0 Å². The Morgan fingerprint density at radius 1 is 1.25 bits per heavy atom. The standard InChI is InChI=1S/C16H20O8/c1-16(23)4-5-8(14(21)15(16)22)13(20)9-6(17)3-7(24-2)12(19)10(9)11(5)18/h3,5,8,11,14-15,17-19,21-23H,4H2,1-2H3. The van der Waals surface area contributed by atoms with Gasteiger partial charge in [-0.25, -0.2) is 0 Å². The molecular weight excluding hydrogens is 320 g/mol. The number of rotatable bonds is 1. The molecule has 0 saturated heterocycles. The molecule has 1 aromatic rings. The maximum atomic E-state index is 12.8. The van der Waals surface area contributed by atoms with Gasteiger partial charge in [0.25, 0.3) is 0 Å². The molecule has 2 aliphatic carbocycles. The van der Waals surface area contributed by atoms with Crippen LogP contribution >= 0.6 is 0 Å². The second kappa shape index (κ2) is 5.32. The molecule has 0 heterocycles. The van der Waals surface area contributed by atoms with Gasteiger partial charge in [0.2, 0.25) is 0 Å². The molecule has 1 fully saturated rings. The number of phenols is 2. The van der Waals surface area contributed by atoms with Crippen LogP contribution < -0.4 is 4.74 Å². The van der Waals surface area contributed by atoms with Crippen LogP contribution in [-0.2, 0) is 0 Å². The number of hydrogen-bond acceptors (Lipinski definition) is 8. The first kappa shape index (κ1) is 17.0. The van der Waals surface area contributed by atoms with Gasteiger partial charge < -0.3 is 35.4 Å². The number of aliphatic hydroxyl groups excluding tert-OH is 3. The van der Waals surface area contributed by atoms with Gasteiger partial charge in [0.15, 0.2) is 17.3 Å². The molecule has 8 heteroatoms. The molecule has 1 aromatic carbocycles. The van der Waals surface area contributed by atoms with E-state index in [9.17, 15) is 35.4 Å². The maximum Gasteiger partial charge on any atom is 0.173 e. The summed E-state index contributed by atoms with van der Waals surface area (Å²) < 4.78 is 4.92. The molecule has 8 nitrogen and oxygen atoms in total. The van der Waals surface area contributed by atoms with Gasteiger partial charge in [0.05, 0.1) is 36.4 Å². The van der Waals surface area contributed by atoms with Gasteiger partial charge in [-0.1, -0.05) is 0 Å². The third-order valence-corrected chi connectivity index (χ3v) is 5.19. The molecule has 6 unspecified atom stereocenters. The van der Waals surface area contributed by atoms with Crippen LogP contribution in [0.15, 0.2) is 6.07 Å². The lowest BCUT2D eigenvalue weighted by molar-refractivity contribution is -0.184. The predicted molar refractivity (Wildman–Crippen MR) is 79.8 cm³/mol. The fourth-order valence-electron chi connectivity index (χ4n) is 3.94. The van der Waals surface area contributed by atoms with E-state index in [1.54, 1.807) is 0 Å². The number of carbonyl (C=O) groups is 1. The summed E-state index contributed by atoms with van der Waals surface area (Å²) in [4.78, 5) is 12.8. The van der Waals surface area contributed by atoms with Crippen molar-refractivity contribution >= 4 is 5.78 Å². The summed E-state index contributed by atoms with van der Waals surface area (Å²) in [6, 6.07) is 1.04. The van der Waals surface area contributed by atoms with E-state index in [2.05, 4.69) is 0 Å². The van der Waals surface area contributed by atoms with Crippen molar-refractivity contribution < 1.29 is 40.2 Å². The van der Waals surface area contributed by atoms with Crippen molar-refractivity contribution in [1.82, 2.24) is 0 Å². The number of phenolic OH excluding ortho intramolecular Hbond substituents is 2. The topological polar surface area (TPSA) is 148 Å². The Morgan fingerprint density at radius 3 is 2.46 bits per heavy atom. The SMILES string of the molecule is COc1cc(O)c2c(c1O)C(O)C1CC(C)(O)C(O)C(O)C1C2=O. The lowest BCUT2D eigenvalue weighted by Crippen LogP contribution is -2.61. The minimum absolute atomic E-state index is 0.111. The summed E-state index contributed by atoms with van der Waals surface area (Å²) in [6.45, 7) is 1.30. The smallest absolute Gasteiger partial charge is 0.173 e. The second-order valence-corrected chi connectivity index (χ2v) is 6.73. The van der Waals surface area contributed by atoms with Crippen LogP contribution in [0.5, 0.6) is 17.2 Å². The molecule has 0 spiro atoms. The minimum atomic E-state index is -1.71. The Bertz CT molecular complexity index is 698. The summed E-state index contributed by atoms with van der Waals surface area (Å²) in [5, 5.41) is 61.6. The number of methoxy groups -OCH3 is 1. The van der Waals surface area contributed by atoms with Crippen molar-refractivity contribution in [3.05, 3.63) is 17.2 Å². The zero-order valence-corrected chi connectivity index (χ0v) is 13.2. The zero-order chi connectivity index (χ0) is 18.0. The molecular formula is C16H20O8. The molecule has 24 heavy (non-hydrogen) atoms. The van der Waals surface area contributed by atoms with Crippen LogP contribution in [0.25, 0.3) is 0 Å². The third kappa shape index (κ3) is 2.11. The van der Waals surface area contributed by atoms with Crippen LogP contribution in [0, 0.1) is 11.8 Å². The summed E-state index contributed by atoms with van der Waals surface area (Å²) in [7, 11) is 1.26. The molecule has 3 rings (SSSR count). The number of ketones is 1. The van der Waals surface area contributed by atoms with Crippen LogP contribution in [0.4, 0.5) is 0 Å². The quantitative estimate of drug-likeness (QED) is 0.373. The summed E-state index contributed by atoms with van der Waals surface area (Å²) >= 11 is 0. The van der Waals surface area contributed by atoms with Crippen molar-refractivity contribution in [3.8, 4) is 17.2 Å². The number of carbonyl (C=O) groups excluding carboxylic acids is 1. The molecule has 0 aliphatic heterocycles. The van der Waals surface area contributed by atoms with Crippen molar-refractivity contribution in [1.29, 1.82) is 0 Å². The van der Waals surface area contributed by atoms with Crippen molar-refractivity contribution in [3.63, 3.8) is 0 Å². The average molecular weight is 340 g/mol. The Balaban J connectivity index is 2.21. The maximum absolute atomic E-state index is 12.8. The van der Waals surface area contributed by atoms with E-state index in [-0.39, 0.29) is 23.3 Å². The summed E-state index contributed by atoms with van der Waals surface area (Å²) in [5.41, 5.74) is -2.22. The van der Waals surface area contributed by atoms with E-state index >= 15 is 0 Å². The van der Waals surface area contributed by atoms with Crippen molar-refractivity contribution in [2.24, 2.45) is 11.8 Å². The van der Waals surface area contributed by atoms with Gasteiger partial charge in [-0.3, -0.25) is 4.79 Å². The Hall–Kier alpha value is -1.87. The monoisotopic (exact) mass is 340 g/mol. The van der Waals surface area contributed by atoms with E-state index in [1.165, 1.54) is 14.0 Å². The number of hydrogen-bond donors (Lipinski definition) is 6. The fraction of sp³-hybridized carbons (Fsp3) is 0.562. The van der Waals surface area contributed by atoms with E-state index in [1.807, 2.05) is 0 Å². The summed E-state index contributed by atoms with van der Waals surface area (Å²) in [5.74, 6) is -3.94. The van der Waals surface area contributed by atoms with E-state index in [4.69, 9.17) is 4.74 Å². The highest BCUT2D eigenvalue weighted by atomic mass is 16.5. The average Bonchev–Trinajstić information content (AvgIpc) is 2.51.